The lowest BCUT2D eigenvalue weighted by Crippen LogP contribution is -2.45. The lowest BCUT2D eigenvalue weighted by atomic mass is 10.2. The molecule has 0 aliphatic rings. The molecule has 1 aromatic heterocycles. The SMILES string of the molecule is COCCN(CC(=O)N(Cc1ccccc1)Cc1cccs1)C(=O)Nc1ccc(OC)cc1OC. The maximum atomic E-state index is 13.4. The van der Waals surface area contributed by atoms with Gasteiger partial charge in [-0.1, -0.05) is 36.4 Å². The zero-order valence-corrected chi connectivity index (χ0v) is 21.0. The average molecular weight is 498 g/mol. The first-order valence-corrected chi connectivity index (χ1v) is 12.0. The molecule has 8 nitrogen and oxygen atoms in total. The van der Waals surface area contributed by atoms with Crippen LogP contribution in [-0.4, -0.2) is 62.8 Å². The van der Waals surface area contributed by atoms with Crippen LogP contribution >= 0.6 is 11.3 Å². The Kier molecular flexibility index (Phi) is 9.94. The highest BCUT2D eigenvalue weighted by atomic mass is 32.1. The molecule has 35 heavy (non-hydrogen) atoms. The Morgan fingerprint density at radius 3 is 2.37 bits per heavy atom. The standard InChI is InChI=1S/C26H31N3O5S/c1-32-14-13-28(26(31)27-23-12-11-21(33-2)16-24(23)34-3)19-25(30)29(18-22-10-7-15-35-22)17-20-8-5-4-6-9-20/h4-12,15-16H,13-14,17-19H2,1-3H3,(H,27,31). The van der Waals surface area contributed by atoms with Crippen LogP contribution in [0.1, 0.15) is 10.4 Å². The van der Waals surface area contributed by atoms with Crippen LogP contribution < -0.4 is 14.8 Å². The first-order valence-electron chi connectivity index (χ1n) is 11.1. The Balaban J connectivity index is 1.76. The van der Waals surface area contributed by atoms with Gasteiger partial charge in [-0.15, -0.1) is 11.3 Å². The first-order chi connectivity index (χ1) is 17.0. The van der Waals surface area contributed by atoms with Crippen molar-refractivity contribution in [2.75, 3.05) is 46.3 Å². The summed E-state index contributed by atoms with van der Waals surface area (Å²) in [5, 5.41) is 4.83. The predicted octanol–water partition coefficient (Wildman–Crippen LogP) is 4.47. The summed E-state index contributed by atoms with van der Waals surface area (Å²) in [6, 6.07) is 18.5. The van der Waals surface area contributed by atoms with Crippen molar-refractivity contribution in [1.82, 2.24) is 9.80 Å². The number of nitrogens with zero attached hydrogens (tertiary/aromatic N) is 2. The van der Waals surface area contributed by atoms with Crippen LogP contribution in [0.4, 0.5) is 10.5 Å². The second-order valence-electron chi connectivity index (χ2n) is 7.73. The van der Waals surface area contributed by atoms with E-state index in [0.717, 1.165) is 10.4 Å². The van der Waals surface area contributed by atoms with Crippen LogP contribution in [0.15, 0.2) is 66.0 Å². The van der Waals surface area contributed by atoms with Crippen molar-refractivity contribution in [3.8, 4) is 11.5 Å². The molecule has 0 spiro atoms. The van der Waals surface area contributed by atoms with E-state index in [9.17, 15) is 9.59 Å². The number of thiophene rings is 1. The van der Waals surface area contributed by atoms with E-state index in [1.54, 1.807) is 48.7 Å². The summed E-state index contributed by atoms with van der Waals surface area (Å²) in [5.41, 5.74) is 1.50. The minimum Gasteiger partial charge on any atom is -0.497 e. The van der Waals surface area contributed by atoms with Gasteiger partial charge in [0.2, 0.25) is 5.91 Å². The molecule has 0 fully saturated rings. The summed E-state index contributed by atoms with van der Waals surface area (Å²) in [5.74, 6) is 0.908. The fourth-order valence-corrected chi connectivity index (χ4v) is 4.16. The van der Waals surface area contributed by atoms with Gasteiger partial charge in [0.1, 0.15) is 18.0 Å². The quantitative estimate of drug-likeness (QED) is 0.399. The minimum atomic E-state index is -0.422. The summed E-state index contributed by atoms with van der Waals surface area (Å²) in [4.78, 5) is 30.9. The number of nitrogens with one attached hydrogen (secondary N) is 1. The Bertz CT molecular complexity index is 1080. The van der Waals surface area contributed by atoms with Crippen LogP contribution in [0, 0.1) is 0 Å². The Labute approximate surface area is 210 Å². The fraction of sp³-hybridized carbons (Fsp3) is 0.308. The van der Waals surface area contributed by atoms with Gasteiger partial charge in [0, 0.05) is 31.1 Å². The molecule has 3 amide bonds. The van der Waals surface area contributed by atoms with Gasteiger partial charge in [-0.05, 0) is 29.1 Å². The minimum absolute atomic E-state index is 0.0914. The van der Waals surface area contributed by atoms with Crippen molar-refractivity contribution in [3.05, 3.63) is 76.5 Å². The van der Waals surface area contributed by atoms with Gasteiger partial charge >= 0.3 is 6.03 Å². The number of methoxy groups -OCH3 is 3. The zero-order valence-electron chi connectivity index (χ0n) is 20.2. The van der Waals surface area contributed by atoms with Crippen molar-refractivity contribution in [2.24, 2.45) is 0 Å². The Morgan fingerprint density at radius 2 is 1.71 bits per heavy atom. The van der Waals surface area contributed by atoms with E-state index in [4.69, 9.17) is 14.2 Å². The molecular weight excluding hydrogens is 466 g/mol. The molecule has 0 aliphatic carbocycles. The number of urea groups is 1. The number of rotatable bonds is 12. The van der Waals surface area contributed by atoms with Gasteiger partial charge < -0.3 is 29.3 Å². The molecule has 0 radical (unpaired) electrons. The summed E-state index contributed by atoms with van der Waals surface area (Å²) in [6.07, 6.45) is 0. The van der Waals surface area contributed by atoms with E-state index in [0.29, 0.717) is 36.9 Å². The third kappa shape index (κ3) is 7.73. The summed E-state index contributed by atoms with van der Waals surface area (Å²) >= 11 is 1.60. The molecule has 3 rings (SSSR count). The highest BCUT2D eigenvalue weighted by molar-refractivity contribution is 7.09. The highest BCUT2D eigenvalue weighted by Crippen LogP contribution is 2.29. The highest BCUT2D eigenvalue weighted by Gasteiger charge is 2.23. The first kappa shape index (κ1) is 26.1. The molecule has 0 saturated heterocycles. The molecule has 9 heteroatoms. The molecule has 0 saturated carbocycles. The predicted molar refractivity (Wildman–Crippen MR) is 137 cm³/mol. The van der Waals surface area contributed by atoms with Gasteiger partial charge in [0.05, 0.1) is 33.1 Å². The van der Waals surface area contributed by atoms with Gasteiger partial charge in [-0.2, -0.15) is 0 Å². The number of carbonyl (C=O) groups is 2. The maximum Gasteiger partial charge on any atom is 0.322 e. The Hall–Kier alpha value is -3.56. The number of amides is 3. The molecule has 0 unspecified atom stereocenters. The average Bonchev–Trinajstić information content (AvgIpc) is 3.40. The third-order valence-corrected chi connectivity index (χ3v) is 6.19. The van der Waals surface area contributed by atoms with Crippen molar-refractivity contribution in [1.29, 1.82) is 0 Å². The van der Waals surface area contributed by atoms with Crippen LogP contribution in [0.5, 0.6) is 11.5 Å². The number of ether oxygens (including phenoxy) is 3. The third-order valence-electron chi connectivity index (χ3n) is 5.32. The molecule has 0 bridgehead atoms. The van der Waals surface area contributed by atoms with E-state index < -0.39 is 6.03 Å². The molecule has 1 N–H and O–H groups in total. The Morgan fingerprint density at radius 1 is 0.914 bits per heavy atom. The van der Waals surface area contributed by atoms with E-state index in [2.05, 4.69) is 5.32 Å². The van der Waals surface area contributed by atoms with E-state index in [-0.39, 0.29) is 19.0 Å². The van der Waals surface area contributed by atoms with Crippen molar-refractivity contribution in [2.45, 2.75) is 13.1 Å². The van der Waals surface area contributed by atoms with Crippen LogP contribution in [0.3, 0.4) is 0 Å². The molecule has 186 valence electrons. The van der Waals surface area contributed by atoms with Crippen molar-refractivity contribution in [3.63, 3.8) is 0 Å². The van der Waals surface area contributed by atoms with Gasteiger partial charge in [-0.3, -0.25) is 4.79 Å². The van der Waals surface area contributed by atoms with Gasteiger partial charge in [-0.25, -0.2) is 4.79 Å². The number of anilines is 1. The van der Waals surface area contributed by atoms with Crippen LogP contribution in [0.2, 0.25) is 0 Å². The number of hydrogen-bond donors (Lipinski definition) is 1. The fourth-order valence-electron chi connectivity index (χ4n) is 3.44. The number of hydrogen-bond acceptors (Lipinski definition) is 6. The van der Waals surface area contributed by atoms with E-state index >= 15 is 0 Å². The summed E-state index contributed by atoms with van der Waals surface area (Å²) in [6.45, 7) is 1.38. The largest absolute Gasteiger partial charge is 0.497 e. The number of benzene rings is 2. The molecule has 3 aromatic rings. The zero-order chi connectivity index (χ0) is 25.0. The van der Waals surface area contributed by atoms with E-state index in [1.807, 2.05) is 47.8 Å². The normalized spacial score (nSPS) is 10.5. The maximum absolute atomic E-state index is 13.4. The molecular formula is C26H31N3O5S. The number of carbonyl (C=O) groups excluding carboxylic acids is 2. The topological polar surface area (TPSA) is 80.3 Å². The summed E-state index contributed by atoms with van der Waals surface area (Å²) < 4.78 is 15.8. The second-order valence-corrected chi connectivity index (χ2v) is 8.76. The molecule has 0 aliphatic heterocycles. The molecule has 1 heterocycles. The van der Waals surface area contributed by atoms with Crippen LogP contribution in [-0.2, 0) is 22.6 Å². The lowest BCUT2D eigenvalue weighted by Gasteiger charge is -2.28. The second kappa shape index (κ2) is 13.4. The molecule has 0 atom stereocenters. The van der Waals surface area contributed by atoms with Crippen LogP contribution in [0.25, 0.3) is 0 Å². The molecule has 2 aromatic carbocycles. The van der Waals surface area contributed by atoms with Gasteiger partial charge in [0.25, 0.3) is 0 Å². The lowest BCUT2D eigenvalue weighted by molar-refractivity contribution is -0.133. The van der Waals surface area contributed by atoms with Gasteiger partial charge in [0.15, 0.2) is 0 Å². The smallest absolute Gasteiger partial charge is 0.322 e. The van der Waals surface area contributed by atoms with Crippen molar-refractivity contribution >= 4 is 29.0 Å². The van der Waals surface area contributed by atoms with Crippen molar-refractivity contribution < 1.29 is 23.8 Å². The summed E-state index contributed by atoms with van der Waals surface area (Å²) in [7, 11) is 4.63. The van der Waals surface area contributed by atoms with E-state index in [1.165, 1.54) is 12.0 Å². The monoisotopic (exact) mass is 497 g/mol.